The van der Waals surface area contributed by atoms with Crippen LogP contribution in [0.5, 0.6) is 0 Å². The number of hydrogen-bond donors (Lipinski definition) is 2. The van der Waals surface area contributed by atoms with Crippen molar-refractivity contribution < 1.29 is 24.2 Å². The highest BCUT2D eigenvalue weighted by atomic mass is 16.5. The first-order valence-corrected chi connectivity index (χ1v) is 10.6. The minimum Gasteiger partial charge on any atom is -0.481 e. The van der Waals surface area contributed by atoms with E-state index >= 15 is 0 Å². The lowest BCUT2D eigenvalue weighted by atomic mass is 9.94. The Balaban J connectivity index is 2.10. The molecule has 166 valence electrons. The van der Waals surface area contributed by atoms with E-state index in [4.69, 9.17) is 9.84 Å². The van der Waals surface area contributed by atoms with Crippen molar-refractivity contribution in [1.29, 1.82) is 0 Å². The van der Waals surface area contributed by atoms with Crippen molar-refractivity contribution >= 4 is 17.8 Å². The highest BCUT2D eigenvalue weighted by Crippen LogP contribution is 2.21. The number of rotatable bonds is 11. The van der Waals surface area contributed by atoms with Gasteiger partial charge in [0.2, 0.25) is 5.91 Å². The number of benzene rings is 2. The third kappa shape index (κ3) is 7.89. The molecule has 2 N–H and O–H groups in total. The molecule has 31 heavy (non-hydrogen) atoms. The molecule has 0 radical (unpaired) electrons. The molecular formula is C25H31NO5. The van der Waals surface area contributed by atoms with Gasteiger partial charge in [-0.05, 0) is 36.5 Å². The SMILES string of the molecule is CCOC(=O)C(C)CC(Cc1ccc(-c2ccccc2)cc1)NC(=O)CC(C)C(=O)O. The van der Waals surface area contributed by atoms with Crippen LogP contribution in [0.25, 0.3) is 11.1 Å². The number of ether oxygens (including phenoxy) is 1. The molecule has 0 saturated carbocycles. The van der Waals surface area contributed by atoms with E-state index in [9.17, 15) is 14.4 Å². The maximum atomic E-state index is 12.4. The second kappa shape index (κ2) is 11.9. The fourth-order valence-electron chi connectivity index (χ4n) is 3.40. The Bertz CT molecular complexity index is 863. The number of carbonyl (C=O) groups excluding carboxylic acids is 2. The molecule has 2 aromatic carbocycles. The van der Waals surface area contributed by atoms with E-state index < -0.39 is 11.9 Å². The van der Waals surface area contributed by atoms with Crippen LogP contribution >= 0.6 is 0 Å². The van der Waals surface area contributed by atoms with E-state index in [0.717, 1.165) is 16.7 Å². The normalized spacial score (nSPS) is 13.6. The second-order valence-corrected chi connectivity index (χ2v) is 7.86. The fraction of sp³-hybridized carbons (Fsp3) is 0.400. The van der Waals surface area contributed by atoms with E-state index in [1.807, 2.05) is 54.6 Å². The molecule has 0 spiro atoms. The summed E-state index contributed by atoms with van der Waals surface area (Å²) in [5.41, 5.74) is 3.24. The molecular weight excluding hydrogens is 394 g/mol. The van der Waals surface area contributed by atoms with Gasteiger partial charge in [-0.15, -0.1) is 0 Å². The molecule has 0 aliphatic rings. The zero-order chi connectivity index (χ0) is 22.8. The van der Waals surface area contributed by atoms with Gasteiger partial charge in [-0.25, -0.2) is 0 Å². The molecule has 0 heterocycles. The van der Waals surface area contributed by atoms with Crippen molar-refractivity contribution in [3.05, 3.63) is 60.2 Å². The number of amides is 1. The molecule has 0 bridgehead atoms. The van der Waals surface area contributed by atoms with E-state index in [0.29, 0.717) is 19.4 Å². The lowest BCUT2D eigenvalue weighted by Gasteiger charge is -2.22. The first-order valence-electron chi connectivity index (χ1n) is 10.6. The van der Waals surface area contributed by atoms with Gasteiger partial charge in [0.1, 0.15) is 0 Å². The van der Waals surface area contributed by atoms with Gasteiger partial charge in [0.05, 0.1) is 18.4 Å². The Morgan fingerprint density at radius 1 is 0.935 bits per heavy atom. The average molecular weight is 426 g/mol. The van der Waals surface area contributed by atoms with Crippen LogP contribution in [0, 0.1) is 11.8 Å². The van der Waals surface area contributed by atoms with E-state index in [1.54, 1.807) is 13.8 Å². The number of nitrogens with one attached hydrogen (secondary N) is 1. The van der Waals surface area contributed by atoms with Gasteiger partial charge in [-0.2, -0.15) is 0 Å². The maximum Gasteiger partial charge on any atom is 0.308 e. The van der Waals surface area contributed by atoms with E-state index in [2.05, 4.69) is 5.32 Å². The number of hydrogen-bond acceptors (Lipinski definition) is 4. The largest absolute Gasteiger partial charge is 0.481 e. The number of carboxylic acid groups (broad SMARTS) is 1. The molecule has 0 aliphatic heterocycles. The molecule has 0 fully saturated rings. The van der Waals surface area contributed by atoms with Crippen molar-refractivity contribution in [1.82, 2.24) is 5.32 Å². The maximum absolute atomic E-state index is 12.4. The van der Waals surface area contributed by atoms with Gasteiger partial charge < -0.3 is 15.2 Å². The summed E-state index contributed by atoms with van der Waals surface area (Å²) in [6, 6.07) is 17.8. The minimum atomic E-state index is -1.01. The lowest BCUT2D eigenvalue weighted by Crippen LogP contribution is -2.40. The first-order chi connectivity index (χ1) is 14.8. The Morgan fingerprint density at radius 3 is 2.13 bits per heavy atom. The Kier molecular flexibility index (Phi) is 9.25. The van der Waals surface area contributed by atoms with Gasteiger partial charge >= 0.3 is 11.9 Å². The van der Waals surface area contributed by atoms with Crippen LogP contribution in [0.4, 0.5) is 0 Å². The third-order valence-corrected chi connectivity index (χ3v) is 5.15. The molecule has 3 unspecified atom stereocenters. The highest BCUT2D eigenvalue weighted by Gasteiger charge is 2.23. The van der Waals surface area contributed by atoms with E-state index in [-0.39, 0.29) is 30.3 Å². The summed E-state index contributed by atoms with van der Waals surface area (Å²) < 4.78 is 5.09. The molecule has 1 amide bonds. The smallest absolute Gasteiger partial charge is 0.308 e. The highest BCUT2D eigenvalue weighted by molar-refractivity contribution is 5.82. The Morgan fingerprint density at radius 2 is 1.55 bits per heavy atom. The van der Waals surface area contributed by atoms with Crippen molar-refractivity contribution in [2.45, 2.75) is 46.1 Å². The van der Waals surface area contributed by atoms with Crippen LogP contribution in [0.15, 0.2) is 54.6 Å². The van der Waals surface area contributed by atoms with Crippen LogP contribution in [-0.4, -0.2) is 35.6 Å². The molecule has 2 aromatic rings. The van der Waals surface area contributed by atoms with Crippen LogP contribution < -0.4 is 5.32 Å². The summed E-state index contributed by atoms with van der Waals surface area (Å²) in [6.07, 6.45) is 0.838. The van der Waals surface area contributed by atoms with Gasteiger partial charge in [-0.1, -0.05) is 68.4 Å². The second-order valence-electron chi connectivity index (χ2n) is 7.86. The predicted octanol–water partition coefficient (Wildman–Crippen LogP) is 4.08. The zero-order valence-corrected chi connectivity index (χ0v) is 18.3. The molecule has 6 nitrogen and oxygen atoms in total. The first kappa shape index (κ1) is 24.1. The lowest BCUT2D eigenvalue weighted by molar-refractivity contribution is -0.148. The van der Waals surface area contributed by atoms with Crippen molar-refractivity contribution in [3.63, 3.8) is 0 Å². The predicted molar refractivity (Wildman–Crippen MR) is 119 cm³/mol. The Labute approximate surface area is 183 Å². The molecule has 3 atom stereocenters. The topological polar surface area (TPSA) is 92.7 Å². The van der Waals surface area contributed by atoms with Gasteiger partial charge in [0.25, 0.3) is 0 Å². The van der Waals surface area contributed by atoms with Crippen molar-refractivity contribution in [2.75, 3.05) is 6.61 Å². The molecule has 0 saturated heterocycles. The average Bonchev–Trinajstić information content (AvgIpc) is 2.74. The van der Waals surface area contributed by atoms with Gasteiger partial charge in [0.15, 0.2) is 0 Å². The van der Waals surface area contributed by atoms with Gasteiger partial charge in [0, 0.05) is 12.5 Å². The van der Waals surface area contributed by atoms with Crippen molar-refractivity contribution in [3.8, 4) is 11.1 Å². The quantitative estimate of drug-likeness (QED) is 0.529. The molecule has 6 heteroatoms. The standard InChI is InChI=1S/C25H31NO5/c1-4-31-25(30)18(3)14-22(26-23(27)15-17(2)24(28)29)16-19-10-12-21(13-11-19)20-8-6-5-7-9-20/h5-13,17-18,22H,4,14-16H2,1-3H3,(H,26,27)(H,28,29). The minimum absolute atomic E-state index is 0.105. The summed E-state index contributed by atoms with van der Waals surface area (Å²) in [5.74, 6) is -2.81. The van der Waals surface area contributed by atoms with E-state index in [1.165, 1.54) is 6.92 Å². The summed E-state index contributed by atoms with van der Waals surface area (Å²) in [6.45, 7) is 5.33. The van der Waals surface area contributed by atoms with Crippen LogP contribution in [0.2, 0.25) is 0 Å². The number of aliphatic carboxylic acids is 1. The van der Waals surface area contributed by atoms with Crippen LogP contribution in [-0.2, 0) is 25.5 Å². The molecule has 2 rings (SSSR count). The summed E-state index contributed by atoms with van der Waals surface area (Å²) in [5, 5.41) is 12.0. The number of carboxylic acids is 1. The monoisotopic (exact) mass is 425 g/mol. The summed E-state index contributed by atoms with van der Waals surface area (Å²) in [7, 11) is 0. The van der Waals surface area contributed by atoms with Crippen molar-refractivity contribution in [2.24, 2.45) is 11.8 Å². The zero-order valence-electron chi connectivity index (χ0n) is 18.3. The number of carbonyl (C=O) groups is 3. The molecule has 0 aliphatic carbocycles. The van der Waals surface area contributed by atoms with Crippen LogP contribution in [0.3, 0.4) is 0 Å². The third-order valence-electron chi connectivity index (χ3n) is 5.15. The number of esters is 1. The fourth-order valence-corrected chi connectivity index (χ4v) is 3.40. The summed E-state index contributed by atoms with van der Waals surface area (Å²) in [4.78, 5) is 35.5. The van der Waals surface area contributed by atoms with Crippen LogP contribution in [0.1, 0.15) is 39.2 Å². The molecule has 0 aromatic heterocycles. The summed E-state index contributed by atoms with van der Waals surface area (Å²) >= 11 is 0. The van der Waals surface area contributed by atoms with Gasteiger partial charge in [-0.3, -0.25) is 14.4 Å². The Hall–Kier alpha value is -3.15.